The molecule has 0 aliphatic carbocycles. The van der Waals surface area contributed by atoms with Crippen LogP contribution in [0.2, 0.25) is 0 Å². The highest BCUT2D eigenvalue weighted by atomic mass is 16.5. The lowest BCUT2D eigenvalue weighted by Gasteiger charge is -2.27. The molecule has 0 bridgehead atoms. The van der Waals surface area contributed by atoms with Crippen LogP contribution in [0.15, 0.2) is 18.2 Å². The largest absolute Gasteiger partial charge is 0.486 e. The Morgan fingerprint density at radius 2 is 2.10 bits per heavy atom. The number of benzene rings is 1. The summed E-state index contributed by atoms with van der Waals surface area (Å²) in [6.45, 7) is 7.54. The lowest BCUT2D eigenvalue weighted by Crippen LogP contribution is -2.30. The topological polar surface area (TPSA) is 33.3 Å². The summed E-state index contributed by atoms with van der Waals surface area (Å²) in [5.41, 5.74) is 2.53. The van der Waals surface area contributed by atoms with E-state index in [1.54, 1.807) is 0 Å². The quantitative estimate of drug-likeness (QED) is 0.675. The van der Waals surface area contributed by atoms with E-state index in [2.05, 4.69) is 42.7 Å². The maximum absolute atomic E-state index is 5.94. The Labute approximate surface area is 129 Å². The molecule has 0 spiro atoms. The number of hydrogen-bond acceptors (Lipinski definition) is 3. The Bertz CT molecular complexity index is 420. The summed E-state index contributed by atoms with van der Waals surface area (Å²) in [5.74, 6) is 1.00. The molecular weight excluding hydrogens is 260 g/mol. The van der Waals surface area contributed by atoms with E-state index in [-0.39, 0.29) is 0 Å². The lowest BCUT2D eigenvalue weighted by atomic mass is 10.1. The number of unbranched alkanes of at least 4 members (excludes halogenated alkanes) is 3. The molecule has 0 radical (unpaired) electrons. The summed E-state index contributed by atoms with van der Waals surface area (Å²) >= 11 is 0. The predicted molar refractivity (Wildman–Crippen MR) is 90.4 cm³/mol. The number of nitrogens with one attached hydrogen (secondary N) is 2. The lowest BCUT2D eigenvalue weighted by molar-refractivity contribution is 0.202. The molecule has 3 heteroatoms. The highest BCUT2D eigenvalue weighted by molar-refractivity contribution is 5.59. The molecule has 21 heavy (non-hydrogen) atoms. The van der Waals surface area contributed by atoms with E-state index < -0.39 is 0 Å². The standard InChI is InChI=1S/C18H30N2O/c1-3-5-6-7-11-19-12-10-15-8-9-18-17(13-15)20-14-16(4-2)21-18/h8-9,13,16,19-20H,3-7,10-12,14H2,1-2H3. The molecule has 118 valence electrons. The van der Waals surface area contributed by atoms with Crippen LogP contribution in [0.25, 0.3) is 0 Å². The van der Waals surface area contributed by atoms with Gasteiger partial charge in [0.2, 0.25) is 0 Å². The summed E-state index contributed by atoms with van der Waals surface area (Å²) in [4.78, 5) is 0. The molecule has 0 saturated carbocycles. The highest BCUT2D eigenvalue weighted by Crippen LogP contribution is 2.30. The molecular formula is C18H30N2O. The third-order valence-electron chi connectivity index (χ3n) is 4.11. The van der Waals surface area contributed by atoms with Gasteiger partial charge in [-0.25, -0.2) is 0 Å². The molecule has 1 aliphatic rings. The normalized spacial score (nSPS) is 17.0. The van der Waals surface area contributed by atoms with E-state index >= 15 is 0 Å². The first-order chi connectivity index (χ1) is 10.3. The number of fused-ring (bicyclic) bond motifs is 1. The highest BCUT2D eigenvalue weighted by Gasteiger charge is 2.17. The van der Waals surface area contributed by atoms with E-state index in [1.165, 1.54) is 31.2 Å². The minimum absolute atomic E-state index is 0.313. The van der Waals surface area contributed by atoms with Crippen molar-refractivity contribution in [3.05, 3.63) is 23.8 Å². The molecule has 2 N–H and O–H groups in total. The summed E-state index contributed by atoms with van der Waals surface area (Å²) < 4.78 is 5.94. The van der Waals surface area contributed by atoms with E-state index in [4.69, 9.17) is 4.74 Å². The van der Waals surface area contributed by atoms with E-state index in [0.717, 1.165) is 43.9 Å². The van der Waals surface area contributed by atoms with Gasteiger partial charge in [0.25, 0.3) is 0 Å². The molecule has 1 aromatic carbocycles. The zero-order valence-corrected chi connectivity index (χ0v) is 13.6. The minimum atomic E-state index is 0.313. The summed E-state index contributed by atoms with van der Waals surface area (Å²) in [6, 6.07) is 6.54. The molecule has 1 heterocycles. The zero-order chi connectivity index (χ0) is 14.9. The Morgan fingerprint density at radius 1 is 1.19 bits per heavy atom. The number of ether oxygens (including phenoxy) is 1. The van der Waals surface area contributed by atoms with Crippen LogP contribution < -0.4 is 15.4 Å². The van der Waals surface area contributed by atoms with Gasteiger partial charge in [-0.3, -0.25) is 0 Å². The van der Waals surface area contributed by atoms with Crippen LogP contribution in [-0.4, -0.2) is 25.7 Å². The number of rotatable bonds is 9. The molecule has 3 nitrogen and oxygen atoms in total. The number of anilines is 1. The van der Waals surface area contributed by atoms with Crippen molar-refractivity contribution in [2.75, 3.05) is 25.0 Å². The van der Waals surface area contributed by atoms with Crippen molar-refractivity contribution < 1.29 is 4.74 Å². The second kappa shape index (κ2) is 8.93. The first kappa shape index (κ1) is 16.2. The van der Waals surface area contributed by atoms with Crippen LogP contribution in [-0.2, 0) is 6.42 Å². The van der Waals surface area contributed by atoms with Crippen molar-refractivity contribution in [3.63, 3.8) is 0 Å². The van der Waals surface area contributed by atoms with Gasteiger partial charge in [0.1, 0.15) is 11.9 Å². The van der Waals surface area contributed by atoms with Crippen molar-refractivity contribution in [1.29, 1.82) is 0 Å². The van der Waals surface area contributed by atoms with E-state index in [9.17, 15) is 0 Å². The summed E-state index contributed by atoms with van der Waals surface area (Å²) in [6.07, 6.45) is 7.76. The van der Waals surface area contributed by atoms with Gasteiger partial charge in [0, 0.05) is 0 Å². The molecule has 0 saturated heterocycles. The van der Waals surface area contributed by atoms with Crippen molar-refractivity contribution in [2.45, 2.75) is 58.5 Å². The molecule has 0 aromatic heterocycles. The molecule has 0 amide bonds. The molecule has 0 fully saturated rings. The minimum Gasteiger partial charge on any atom is -0.486 e. The maximum atomic E-state index is 5.94. The van der Waals surface area contributed by atoms with Crippen LogP contribution in [0.3, 0.4) is 0 Å². The predicted octanol–water partition coefficient (Wildman–Crippen LogP) is 3.98. The van der Waals surface area contributed by atoms with Gasteiger partial charge < -0.3 is 15.4 Å². The zero-order valence-electron chi connectivity index (χ0n) is 13.6. The SMILES string of the molecule is CCCCCCNCCc1ccc2c(c1)NCC(CC)O2. The van der Waals surface area contributed by atoms with Gasteiger partial charge in [-0.2, -0.15) is 0 Å². The molecule has 1 aromatic rings. The van der Waals surface area contributed by atoms with Gasteiger partial charge >= 0.3 is 0 Å². The monoisotopic (exact) mass is 290 g/mol. The Hall–Kier alpha value is -1.22. The van der Waals surface area contributed by atoms with Crippen molar-refractivity contribution in [1.82, 2.24) is 5.32 Å². The smallest absolute Gasteiger partial charge is 0.142 e. The Kier molecular flexibility index (Phi) is 6.87. The Morgan fingerprint density at radius 3 is 2.90 bits per heavy atom. The van der Waals surface area contributed by atoms with Gasteiger partial charge in [-0.1, -0.05) is 39.2 Å². The second-order valence-electron chi connectivity index (χ2n) is 5.92. The maximum Gasteiger partial charge on any atom is 0.142 e. The van der Waals surface area contributed by atoms with Crippen LogP contribution in [0, 0.1) is 0 Å². The van der Waals surface area contributed by atoms with E-state index in [1.807, 2.05) is 0 Å². The third-order valence-corrected chi connectivity index (χ3v) is 4.11. The second-order valence-corrected chi connectivity index (χ2v) is 5.92. The molecule has 1 atom stereocenters. The van der Waals surface area contributed by atoms with Gasteiger partial charge in [0.05, 0.1) is 12.2 Å². The van der Waals surface area contributed by atoms with Gasteiger partial charge in [0.15, 0.2) is 0 Å². The van der Waals surface area contributed by atoms with Gasteiger partial charge in [-0.15, -0.1) is 0 Å². The van der Waals surface area contributed by atoms with Crippen molar-refractivity contribution >= 4 is 5.69 Å². The van der Waals surface area contributed by atoms with Crippen LogP contribution in [0.1, 0.15) is 51.5 Å². The molecule has 1 aliphatic heterocycles. The first-order valence-corrected chi connectivity index (χ1v) is 8.57. The van der Waals surface area contributed by atoms with Gasteiger partial charge in [-0.05, 0) is 50.0 Å². The molecule has 2 rings (SSSR count). The Balaban J connectivity index is 1.70. The van der Waals surface area contributed by atoms with Crippen LogP contribution >= 0.6 is 0 Å². The fourth-order valence-corrected chi connectivity index (χ4v) is 2.68. The van der Waals surface area contributed by atoms with Crippen molar-refractivity contribution in [3.8, 4) is 5.75 Å². The molecule has 1 unspecified atom stereocenters. The fraction of sp³-hybridized carbons (Fsp3) is 0.667. The van der Waals surface area contributed by atoms with E-state index in [0.29, 0.717) is 6.10 Å². The number of hydrogen-bond donors (Lipinski definition) is 2. The van der Waals surface area contributed by atoms with Crippen LogP contribution in [0.4, 0.5) is 5.69 Å². The average Bonchev–Trinajstić information content (AvgIpc) is 2.53. The van der Waals surface area contributed by atoms with Crippen LogP contribution in [0.5, 0.6) is 5.75 Å². The summed E-state index contributed by atoms with van der Waals surface area (Å²) in [7, 11) is 0. The average molecular weight is 290 g/mol. The third kappa shape index (κ3) is 5.24. The first-order valence-electron chi connectivity index (χ1n) is 8.57. The van der Waals surface area contributed by atoms with Crippen molar-refractivity contribution in [2.24, 2.45) is 0 Å². The fourth-order valence-electron chi connectivity index (χ4n) is 2.68. The summed E-state index contributed by atoms with van der Waals surface area (Å²) in [5, 5.41) is 7.02.